The van der Waals surface area contributed by atoms with Gasteiger partial charge in [0.25, 0.3) is 0 Å². The van der Waals surface area contributed by atoms with Crippen molar-refractivity contribution in [2.75, 3.05) is 0 Å². The zero-order valence-corrected chi connectivity index (χ0v) is 12.0. The minimum absolute atomic E-state index is 0.660. The summed E-state index contributed by atoms with van der Waals surface area (Å²) in [6.45, 7) is 2.73. The Morgan fingerprint density at radius 3 is 2.89 bits per heavy atom. The third kappa shape index (κ3) is 2.03. The summed E-state index contributed by atoms with van der Waals surface area (Å²) in [4.78, 5) is 5.70. The molecule has 3 aromatic rings. The third-order valence-electron chi connectivity index (χ3n) is 2.89. The van der Waals surface area contributed by atoms with Crippen molar-refractivity contribution < 1.29 is 0 Å². The fourth-order valence-electron chi connectivity index (χ4n) is 1.97. The molecule has 3 rings (SSSR count). The predicted molar refractivity (Wildman–Crippen MR) is 77.9 cm³/mol. The van der Waals surface area contributed by atoms with Crippen LogP contribution in [0.25, 0.3) is 10.3 Å². The van der Waals surface area contributed by atoms with E-state index in [0.29, 0.717) is 10.0 Å². The normalized spacial score (nSPS) is 11.3. The molecular weight excluding hydrogens is 287 g/mol. The lowest BCUT2D eigenvalue weighted by Crippen LogP contribution is -2.01. The summed E-state index contributed by atoms with van der Waals surface area (Å²) < 4.78 is 2.18. The maximum absolute atomic E-state index is 6.21. The molecular formula is C13H10Cl2N2S. The minimum atomic E-state index is 0.660. The predicted octanol–water partition coefficient (Wildman–Crippen LogP) is 4.76. The van der Waals surface area contributed by atoms with Crippen molar-refractivity contribution in [3.8, 4) is 0 Å². The molecule has 2 nitrogen and oxygen atoms in total. The number of halogens is 2. The lowest BCUT2D eigenvalue weighted by molar-refractivity contribution is 0.790. The van der Waals surface area contributed by atoms with Gasteiger partial charge in [-0.2, -0.15) is 0 Å². The van der Waals surface area contributed by atoms with E-state index in [1.54, 1.807) is 17.4 Å². The number of aromatic nitrogens is 2. The molecule has 0 radical (unpaired) electrons. The highest BCUT2D eigenvalue weighted by Gasteiger charge is 2.10. The van der Waals surface area contributed by atoms with Crippen molar-refractivity contribution in [2.24, 2.45) is 0 Å². The number of imidazole rings is 1. The van der Waals surface area contributed by atoms with Crippen molar-refractivity contribution in [2.45, 2.75) is 13.5 Å². The first-order chi connectivity index (χ1) is 8.65. The monoisotopic (exact) mass is 296 g/mol. The van der Waals surface area contributed by atoms with E-state index in [0.717, 1.165) is 23.4 Å². The minimum Gasteiger partial charge on any atom is -0.315 e. The van der Waals surface area contributed by atoms with Crippen LogP contribution in [0.1, 0.15) is 11.4 Å². The average molecular weight is 297 g/mol. The number of hydrogen-bond acceptors (Lipinski definition) is 2. The summed E-state index contributed by atoms with van der Waals surface area (Å²) in [5.74, 6) is 1.00. The number of benzene rings is 1. The molecule has 92 valence electrons. The summed E-state index contributed by atoms with van der Waals surface area (Å²) in [6.07, 6.45) is 0. The lowest BCUT2D eigenvalue weighted by atomic mass is 10.2. The molecule has 0 aliphatic carbocycles. The Bertz CT molecular complexity index is 715. The Hall–Kier alpha value is -1.03. The lowest BCUT2D eigenvalue weighted by Gasteiger charge is -2.08. The summed E-state index contributed by atoms with van der Waals surface area (Å²) in [6, 6.07) is 7.63. The second kappa shape index (κ2) is 4.57. The van der Waals surface area contributed by atoms with Crippen LogP contribution in [-0.4, -0.2) is 9.55 Å². The molecule has 0 aliphatic heterocycles. The number of rotatable bonds is 2. The largest absolute Gasteiger partial charge is 0.315 e. The van der Waals surface area contributed by atoms with Crippen molar-refractivity contribution in [3.05, 3.63) is 51.1 Å². The second-order valence-electron chi connectivity index (χ2n) is 4.09. The first kappa shape index (κ1) is 12.0. The van der Waals surface area contributed by atoms with Crippen molar-refractivity contribution in [1.29, 1.82) is 0 Å². The first-order valence-corrected chi connectivity index (χ1v) is 7.13. The molecule has 2 heterocycles. The first-order valence-electron chi connectivity index (χ1n) is 5.49. The number of thiophene rings is 1. The van der Waals surface area contributed by atoms with Crippen LogP contribution in [-0.2, 0) is 6.54 Å². The van der Waals surface area contributed by atoms with Gasteiger partial charge in [-0.3, -0.25) is 0 Å². The molecule has 0 aliphatic rings. The summed E-state index contributed by atoms with van der Waals surface area (Å²) >= 11 is 13.8. The van der Waals surface area contributed by atoms with Crippen molar-refractivity contribution in [1.82, 2.24) is 9.55 Å². The Morgan fingerprint density at radius 1 is 1.28 bits per heavy atom. The molecule has 0 spiro atoms. The van der Waals surface area contributed by atoms with Crippen LogP contribution in [0.15, 0.2) is 29.6 Å². The fraction of sp³-hybridized carbons (Fsp3) is 0.154. The van der Waals surface area contributed by atoms with Gasteiger partial charge in [0.05, 0.1) is 12.1 Å². The van der Waals surface area contributed by atoms with Gasteiger partial charge in [-0.15, -0.1) is 11.3 Å². The molecule has 0 amide bonds. The Kier molecular flexibility index (Phi) is 3.06. The highest BCUT2D eigenvalue weighted by Crippen LogP contribution is 2.26. The van der Waals surface area contributed by atoms with Crippen LogP contribution in [0.3, 0.4) is 0 Å². The highest BCUT2D eigenvalue weighted by molar-refractivity contribution is 7.16. The molecule has 5 heteroatoms. The van der Waals surface area contributed by atoms with Crippen LogP contribution in [0.4, 0.5) is 0 Å². The van der Waals surface area contributed by atoms with Gasteiger partial charge in [-0.05, 0) is 36.1 Å². The molecule has 1 aromatic carbocycles. The molecule has 0 unspecified atom stereocenters. The maximum atomic E-state index is 6.21. The zero-order valence-electron chi connectivity index (χ0n) is 9.65. The SMILES string of the molecule is Cc1nc2ccsc2n1Cc1ccc(Cl)cc1Cl. The topological polar surface area (TPSA) is 17.8 Å². The summed E-state index contributed by atoms with van der Waals surface area (Å²) in [7, 11) is 0. The Balaban J connectivity index is 2.05. The molecule has 0 saturated heterocycles. The van der Waals surface area contributed by atoms with Crippen LogP contribution in [0.2, 0.25) is 10.0 Å². The van der Waals surface area contributed by atoms with Crippen LogP contribution in [0.5, 0.6) is 0 Å². The molecule has 0 saturated carbocycles. The van der Waals surface area contributed by atoms with Crippen LogP contribution in [0, 0.1) is 6.92 Å². The number of hydrogen-bond donors (Lipinski definition) is 0. The standard InChI is InChI=1S/C13H10Cl2N2S/c1-8-16-12-4-5-18-13(12)17(8)7-9-2-3-10(14)6-11(9)15/h2-6H,7H2,1H3. The van der Waals surface area contributed by atoms with Gasteiger partial charge in [-0.1, -0.05) is 29.3 Å². The average Bonchev–Trinajstić information content (AvgIpc) is 2.85. The zero-order chi connectivity index (χ0) is 12.7. The number of aryl methyl sites for hydroxylation is 1. The van der Waals surface area contributed by atoms with Gasteiger partial charge >= 0.3 is 0 Å². The van der Waals surface area contributed by atoms with E-state index < -0.39 is 0 Å². The Labute approximate surface area is 119 Å². The quantitative estimate of drug-likeness (QED) is 0.666. The second-order valence-corrected chi connectivity index (χ2v) is 5.83. The van der Waals surface area contributed by atoms with Gasteiger partial charge in [0.2, 0.25) is 0 Å². The fourth-order valence-corrected chi connectivity index (χ4v) is 3.32. The molecule has 0 N–H and O–H groups in total. The van der Waals surface area contributed by atoms with Gasteiger partial charge in [0.15, 0.2) is 0 Å². The van der Waals surface area contributed by atoms with Crippen LogP contribution < -0.4 is 0 Å². The smallest absolute Gasteiger partial charge is 0.123 e. The van der Waals surface area contributed by atoms with Gasteiger partial charge in [0, 0.05) is 10.0 Å². The molecule has 0 atom stereocenters. The highest BCUT2D eigenvalue weighted by atomic mass is 35.5. The number of nitrogens with zero attached hydrogens (tertiary/aromatic N) is 2. The maximum Gasteiger partial charge on any atom is 0.123 e. The van der Waals surface area contributed by atoms with E-state index in [2.05, 4.69) is 14.9 Å². The molecule has 0 bridgehead atoms. The van der Waals surface area contributed by atoms with Gasteiger partial charge in [0.1, 0.15) is 10.7 Å². The van der Waals surface area contributed by atoms with E-state index in [9.17, 15) is 0 Å². The van der Waals surface area contributed by atoms with Crippen molar-refractivity contribution >= 4 is 44.9 Å². The summed E-state index contributed by atoms with van der Waals surface area (Å²) in [5.41, 5.74) is 2.10. The van der Waals surface area contributed by atoms with E-state index in [1.165, 1.54) is 4.83 Å². The van der Waals surface area contributed by atoms with Gasteiger partial charge in [-0.25, -0.2) is 4.98 Å². The molecule has 18 heavy (non-hydrogen) atoms. The van der Waals surface area contributed by atoms with E-state index >= 15 is 0 Å². The van der Waals surface area contributed by atoms with Crippen LogP contribution >= 0.6 is 34.5 Å². The van der Waals surface area contributed by atoms with Crippen molar-refractivity contribution in [3.63, 3.8) is 0 Å². The molecule has 2 aromatic heterocycles. The summed E-state index contributed by atoms with van der Waals surface area (Å²) in [5, 5.41) is 3.41. The number of fused-ring (bicyclic) bond motifs is 1. The molecule has 0 fully saturated rings. The third-order valence-corrected chi connectivity index (χ3v) is 4.40. The van der Waals surface area contributed by atoms with Gasteiger partial charge < -0.3 is 4.57 Å². The van der Waals surface area contributed by atoms with E-state index in [-0.39, 0.29) is 0 Å². The van der Waals surface area contributed by atoms with E-state index in [1.807, 2.05) is 25.1 Å². The Morgan fingerprint density at radius 2 is 2.11 bits per heavy atom. The van der Waals surface area contributed by atoms with E-state index in [4.69, 9.17) is 23.2 Å².